The van der Waals surface area contributed by atoms with Gasteiger partial charge in [0.05, 0.1) is 16.8 Å². The van der Waals surface area contributed by atoms with E-state index in [9.17, 15) is 5.11 Å². The average Bonchev–Trinajstić information content (AvgIpc) is 2.89. The molecule has 0 spiro atoms. The number of aryl methyl sites for hydroxylation is 2. The van der Waals surface area contributed by atoms with Gasteiger partial charge in [0.2, 0.25) is 0 Å². The lowest BCUT2D eigenvalue weighted by Gasteiger charge is -2.09. The summed E-state index contributed by atoms with van der Waals surface area (Å²) in [7, 11) is 0. The molecule has 2 aromatic rings. The fourth-order valence-corrected chi connectivity index (χ4v) is 3.26. The molecule has 0 fully saturated rings. The van der Waals surface area contributed by atoms with E-state index < -0.39 is 6.10 Å². The number of aliphatic hydroxyl groups is 1. The molecular weight excluding hydrogens is 252 g/mol. The van der Waals surface area contributed by atoms with Crippen LogP contribution in [0.4, 0.5) is 0 Å². The summed E-state index contributed by atoms with van der Waals surface area (Å²) in [5.41, 5.74) is 2.07. The van der Waals surface area contributed by atoms with E-state index in [1.807, 2.05) is 30.7 Å². The molecular formula is C12H16N2OS2. The lowest BCUT2D eigenvalue weighted by molar-refractivity contribution is 0.175. The van der Waals surface area contributed by atoms with Gasteiger partial charge in [-0.25, -0.2) is 4.98 Å². The van der Waals surface area contributed by atoms with Crippen LogP contribution in [0.25, 0.3) is 0 Å². The predicted octanol–water partition coefficient (Wildman–Crippen LogP) is 2.64. The molecule has 92 valence electrons. The Hall–Kier alpha value is -0.750. The van der Waals surface area contributed by atoms with Crippen molar-refractivity contribution in [3.63, 3.8) is 0 Å². The second-order valence-electron chi connectivity index (χ2n) is 3.94. The Morgan fingerprint density at radius 3 is 2.88 bits per heavy atom. The smallest absolute Gasteiger partial charge is 0.0922 e. The van der Waals surface area contributed by atoms with E-state index in [4.69, 9.17) is 0 Å². The third kappa shape index (κ3) is 3.35. The van der Waals surface area contributed by atoms with Crippen LogP contribution in [0.1, 0.15) is 27.2 Å². The summed E-state index contributed by atoms with van der Waals surface area (Å²) in [4.78, 5) is 5.63. The van der Waals surface area contributed by atoms with Crippen molar-refractivity contribution < 1.29 is 5.11 Å². The van der Waals surface area contributed by atoms with Crippen molar-refractivity contribution >= 4 is 22.7 Å². The first-order chi connectivity index (χ1) is 8.16. The van der Waals surface area contributed by atoms with E-state index in [0.717, 1.165) is 22.8 Å². The maximum absolute atomic E-state index is 9.89. The van der Waals surface area contributed by atoms with Crippen molar-refractivity contribution in [3.05, 3.63) is 38.0 Å². The zero-order valence-electron chi connectivity index (χ0n) is 9.93. The minimum absolute atomic E-state index is 0.421. The molecule has 17 heavy (non-hydrogen) atoms. The lowest BCUT2D eigenvalue weighted by atomic mass is 10.2. The molecule has 2 N–H and O–H groups in total. The van der Waals surface area contributed by atoms with E-state index in [2.05, 4.69) is 10.3 Å². The van der Waals surface area contributed by atoms with Crippen molar-refractivity contribution in [2.24, 2.45) is 0 Å². The molecule has 0 amide bonds. The molecule has 2 heterocycles. The van der Waals surface area contributed by atoms with Gasteiger partial charge in [0.25, 0.3) is 0 Å². The molecule has 0 saturated carbocycles. The van der Waals surface area contributed by atoms with Gasteiger partial charge in [0, 0.05) is 18.0 Å². The Kier molecular flexibility index (Phi) is 4.28. The normalized spacial score (nSPS) is 12.9. The van der Waals surface area contributed by atoms with E-state index in [1.165, 1.54) is 4.88 Å². The van der Waals surface area contributed by atoms with E-state index in [-0.39, 0.29) is 0 Å². The summed E-state index contributed by atoms with van der Waals surface area (Å²) in [5.74, 6) is 0. The Balaban J connectivity index is 1.82. The van der Waals surface area contributed by atoms with Crippen LogP contribution in [-0.2, 0) is 6.54 Å². The van der Waals surface area contributed by atoms with Gasteiger partial charge in [-0.15, -0.1) is 11.3 Å². The van der Waals surface area contributed by atoms with Gasteiger partial charge >= 0.3 is 0 Å². The third-order valence-electron chi connectivity index (χ3n) is 2.55. The molecule has 1 unspecified atom stereocenters. The van der Waals surface area contributed by atoms with Crippen LogP contribution in [0.3, 0.4) is 0 Å². The number of nitrogens with zero attached hydrogens (tertiary/aromatic N) is 1. The highest BCUT2D eigenvalue weighted by Gasteiger charge is 2.08. The van der Waals surface area contributed by atoms with Gasteiger partial charge in [-0.2, -0.15) is 11.3 Å². The first-order valence-corrected chi connectivity index (χ1v) is 7.26. The Morgan fingerprint density at radius 1 is 1.47 bits per heavy atom. The molecule has 0 saturated heterocycles. The molecule has 0 aliphatic rings. The molecule has 2 aromatic heterocycles. The van der Waals surface area contributed by atoms with Gasteiger partial charge < -0.3 is 10.4 Å². The molecule has 0 aliphatic heterocycles. The largest absolute Gasteiger partial charge is 0.387 e. The number of hydrogen-bond donors (Lipinski definition) is 2. The Bertz CT molecular complexity index is 465. The van der Waals surface area contributed by atoms with Crippen molar-refractivity contribution in [2.45, 2.75) is 26.5 Å². The lowest BCUT2D eigenvalue weighted by Crippen LogP contribution is -2.20. The van der Waals surface area contributed by atoms with Gasteiger partial charge in [-0.05, 0) is 36.2 Å². The molecule has 0 radical (unpaired) electrons. The number of aliphatic hydroxyl groups excluding tert-OH is 1. The van der Waals surface area contributed by atoms with Crippen LogP contribution in [-0.4, -0.2) is 16.6 Å². The summed E-state index contributed by atoms with van der Waals surface area (Å²) in [6.07, 6.45) is -0.421. The fourth-order valence-electron chi connectivity index (χ4n) is 1.64. The number of thiophene rings is 1. The molecule has 2 rings (SSSR count). The number of thiazole rings is 1. The van der Waals surface area contributed by atoms with Crippen molar-refractivity contribution in [2.75, 3.05) is 6.54 Å². The van der Waals surface area contributed by atoms with Gasteiger partial charge in [-0.3, -0.25) is 0 Å². The predicted molar refractivity (Wildman–Crippen MR) is 72.6 cm³/mol. The number of nitrogens with one attached hydrogen (secondary N) is 1. The summed E-state index contributed by atoms with van der Waals surface area (Å²) in [6, 6.07) is 1.96. The highest BCUT2D eigenvalue weighted by atomic mass is 32.1. The van der Waals surface area contributed by atoms with Crippen molar-refractivity contribution in [1.29, 1.82) is 0 Å². The summed E-state index contributed by atoms with van der Waals surface area (Å²) in [6.45, 7) is 5.39. The van der Waals surface area contributed by atoms with Crippen LogP contribution < -0.4 is 5.32 Å². The molecule has 1 atom stereocenters. The maximum atomic E-state index is 9.89. The van der Waals surface area contributed by atoms with Gasteiger partial charge in [-0.1, -0.05) is 0 Å². The number of rotatable bonds is 5. The quantitative estimate of drug-likeness (QED) is 0.876. The Morgan fingerprint density at radius 2 is 2.29 bits per heavy atom. The van der Waals surface area contributed by atoms with Gasteiger partial charge in [0.15, 0.2) is 0 Å². The van der Waals surface area contributed by atoms with Crippen LogP contribution in [0.5, 0.6) is 0 Å². The van der Waals surface area contributed by atoms with Crippen molar-refractivity contribution in [3.8, 4) is 0 Å². The molecule has 5 heteroatoms. The van der Waals surface area contributed by atoms with Crippen LogP contribution in [0, 0.1) is 13.8 Å². The minimum atomic E-state index is -0.421. The first-order valence-electron chi connectivity index (χ1n) is 5.50. The topological polar surface area (TPSA) is 45.2 Å². The summed E-state index contributed by atoms with van der Waals surface area (Å²) >= 11 is 3.32. The minimum Gasteiger partial charge on any atom is -0.387 e. The first kappa shape index (κ1) is 12.7. The highest BCUT2D eigenvalue weighted by molar-refractivity contribution is 7.11. The Labute approximate surface area is 109 Å². The monoisotopic (exact) mass is 268 g/mol. The summed E-state index contributed by atoms with van der Waals surface area (Å²) in [5, 5.41) is 18.2. The van der Waals surface area contributed by atoms with E-state index in [1.54, 1.807) is 22.7 Å². The SMILES string of the molecule is Cc1nc(C)c(CNCC(O)c2ccsc2)s1. The van der Waals surface area contributed by atoms with E-state index >= 15 is 0 Å². The van der Waals surface area contributed by atoms with Crippen LogP contribution in [0.2, 0.25) is 0 Å². The van der Waals surface area contributed by atoms with Crippen molar-refractivity contribution in [1.82, 2.24) is 10.3 Å². The maximum Gasteiger partial charge on any atom is 0.0922 e. The van der Waals surface area contributed by atoms with Crippen LogP contribution >= 0.6 is 22.7 Å². The van der Waals surface area contributed by atoms with Gasteiger partial charge in [0.1, 0.15) is 0 Å². The standard InChI is InChI=1S/C12H16N2OS2/c1-8-12(17-9(2)14-8)6-13-5-11(15)10-3-4-16-7-10/h3-4,7,11,13,15H,5-6H2,1-2H3. The third-order valence-corrected chi connectivity index (χ3v) is 4.33. The average molecular weight is 268 g/mol. The zero-order valence-corrected chi connectivity index (χ0v) is 11.6. The molecule has 0 aliphatic carbocycles. The highest BCUT2D eigenvalue weighted by Crippen LogP contribution is 2.18. The molecule has 0 aromatic carbocycles. The van der Waals surface area contributed by atoms with Crippen LogP contribution in [0.15, 0.2) is 16.8 Å². The zero-order chi connectivity index (χ0) is 12.3. The number of aromatic nitrogens is 1. The fraction of sp³-hybridized carbons (Fsp3) is 0.417. The molecule has 3 nitrogen and oxygen atoms in total. The summed E-state index contributed by atoms with van der Waals surface area (Å²) < 4.78 is 0. The second-order valence-corrected chi connectivity index (χ2v) is 6.01. The van der Waals surface area contributed by atoms with E-state index in [0.29, 0.717) is 6.54 Å². The molecule has 0 bridgehead atoms. The second kappa shape index (κ2) is 5.73. The number of hydrogen-bond acceptors (Lipinski definition) is 5.